The van der Waals surface area contributed by atoms with E-state index in [9.17, 15) is 10.2 Å². The minimum Gasteiger partial charge on any atom is -0.508 e. The van der Waals surface area contributed by atoms with Gasteiger partial charge >= 0.3 is 0 Å². The molecular weight excluding hydrogens is 288 g/mol. The topological polar surface area (TPSA) is 49.7 Å². The maximum Gasteiger partial charge on any atom is 0.115 e. The zero-order valence-corrected chi connectivity index (χ0v) is 12.9. The van der Waals surface area contributed by atoms with Crippen molar-refractivity contribution in [2.24, 2.45) is 0 Å². The molecule has 3 nitrogen and oxygen atoms in total. The Bertz CT molecular complexity index is 790. The van der Waals surface area contributed by atoms with Gasteiger partial charge in [-0.05, 0) is 58.1 Å². The van der Waals surface area contributed by atoms with Gasteiger partial charge in [0.25, 0.3) is 0 Å². The van der Waals surface area contributed by atoms with E-state index in [1.165, 1.54) is 0 Å². The van der Waals surface area contributed by atoms with E-state index in [0.717, 1.165) is 27.8 Å². The van der Waals surface area contributed by atoms with E-state index in [-0.39, 0.29) is 11.5 Å². The quantitative estimate of drug-likeness (QED) is 0.742. The van der Waals surface area contributed by atoms with E-state index in [1.807, 2.05) is 30.3 Å². The second-order valence-electron chi connectivity index (χ2n) is 5.40. The average Bonchev–Trinajstić information content (AvgIpc) is 2.57. The van der Waals surface area contributed by atoms with Gasteiger partial charge in [-0.15, -0.1) is 0 Å². The summed E-state index contributed by atoms with van der Waals surface area (Å²) in [6, 6.07) is 20.5. The van der Waals surface area contributed by atoms with Crippen LogP contribution in [0.2, 0.25) is 0 Å². The second kappa shape index (κ2) is 6.55. The molecular formula is C20H18O3. The molecule has 0 aromatic heterocycles. The van der Waals surface area contributed by atoms with E-state index >= 15 is 0 Å². The Morgan fingerprint density at radius 2 is 1.22 bits per heavy atom. The lowest BCUT2D eigenvalue weighted by Crippen LogP contribution is -1.93. The summed E-state index contributed by atoms with van der Waals surface area (Å²) >= 11 is 0. The average molecular weight is 306 g/mol. The Morgan fingerprint density at radius 1 is 0.696 bits per heavy atom. The van der Waals surface area contributed by atoms with Crippen molar-refractivity contribution in [1.29, 1.82) is 0 Å². The largest absolute Gasteiger partial charge is 0.508 e. The predicted octanol–water partition coefficient (Wildman–Crippen LogP) is 4.58. The van der Waals surface area contributed by atoms with Gasteiger partial charge in [-0.2, -0.15) is 0 Å². The fraction of sp³-hybridized carbons (Fsp3) is 0.100. The van der Waals surface area contributed by atoms with Gasteiger partial charge in [0.2, 0.25) is 0 Å². The Kier molecular flexibility index (Phi) is 4.31. The molecule has 0 saturated heterocycles. The van der Waals surface area contributed by atoms with Crippen LogP contribution >= 0.6 is 0 Å². The van der Waals surface area contributed by atoms with E-state index in [4.69, 9.17) is 4.74 Å². The fourth-order valence-electron chi connectivity index (χ4n) is 2.62. The first kappa shape index (κ1) is 15.1. The van der Waals surface area contributed by atoms with Crippen molar-refractivity contribution in [3.05, 3.63) is 72.3 Å². The van der Waals surface area contributed by atoms with Crippen LogP contribution in [-0.2, 0) is 11.3 Å². The summed E-state index contributed by atoms with van der Waals surface area (Å²) in [7, 11) is 1.67. The summed E-state index contributed by atoms with van der Waals surface area (Å²) in [5.41, 5.74) is 5.29. The molecule has 0 bridgehead atoms. The number of methoxy groups -OCH3 is 1. The molecule has 3 rings (SSSR count). The van der Waals surface area contributed by atoms with Gasteiger partial charge in [-0.25, -0.2) is 0 Å². The van der Waals surface area contributed by atoms with Gasteiger partial charge in [0.15, 0.2) is 0 Å². The Morgan fingerprint density at radius 3 is 1.78 bits per heavy atom. The van der Waals surface area contributed by atoms with Crippen LogP contribution < -0.4 is 0 Å². The lowest BCUT2D eigenvalue weighted by molar-refractivity contribution is 0.185. The molecule has 0 unspecified atom stereocenters. The summed E-state index contributed by atoms with van der Waals surface area (Å²) in [4.78, 5) is 0. The monoisotopic (exact) mass is 306 g/mol. The predicted molar refractivity (Wildman–Crippen MR) is 91.4 cm³/mol. The number of rotatable bonds is 4. The van der Waals surface area contributed by atoms with E-state index in [2.05, 4.69) is 12.1 Å². The number of phenolic OH excluding ortho intramolecular Hbond substituents is 2. The Hall–Kier alpha value is -2.78. The van der Waals surface area contributed by atoms with Crippen molar-refractivity contribution in [1.82, 2.24) is 0 Å². The van der Waals surface area contributed by atoms with E-state index in [0.29, 0.717) is 6.61 Å². The third-order valence-electron chi connectivity index (χ3n) is 3.78. The molecule has 3 aromatic carbocycles. The highest BCUT2D eigenvalue weighted by atomic mass is 16.5. The first-order valence-electron chi connectivity index (χ1n) is 7.38. The van der Waals surface area contributed by atoms with Crippen LogP contribution in [0.4, 0.5) is 0 Å². The zero-order valence-electron chi connectivity index (χ0n) is 12.9. The normalized spacial score (nSPS) is 10.7. The van der Waals surface area contributed by atoms with Crippen LogP contribution in [0.25, 0.3) is 22.3 Å². The maximum atomic E-state index is 9.45. The van der Waals surface area contributed by atoms with Gasteiger partial charge in [0.1, 0.15) is 11.5 Å². The molecule has 0 heterocycles. The summed E-state index contributed by atoms with van der Waals surface area (Å²) < 4.78 is 5.33. The van der Waals surface area contributed by atoms with Gasteiger partial charge in [-0.3, -0.25) is 0 Å². The van der Waals surface area contributed by atoms with Crippen molar-refractivity contribution in [3.8, 4) is 33.8 Å². The summed E-state index contributed by atoms with van der Waals surface area (Å²) in [5, 5.41) is 18.9. The standard InChI is InChI=1S/C20H18O3/c1-23-13-17-12-16(14-2-7-18(21)8-3-14)6-11-20(17)15-4-9-19(22)10-5-15/h2-12,21-22H,13H2,1H3. The number of aromatic hydroxyl groups is 2. The maximum absolute atomic E-state index is 9.45. The molecule has 0 amide bonds. The Balaban J connectivity index is 2.04. The zero-order chi connectivity index (χ0) is 16.2. The third kappa shape index (κ3) is 3.35. The number of hydrogen-bond donors (Lipinski definition) is 2. The van der Waals surface area contributed by atoms with Crippen molar-refractivity contribution < 1.29 is 14.9 Å². The molecule has 2 N–H and O–H groups in total. The molecule has 116 valence electrons. The summed E-state index contributed by atoms with van der Waals surface area (Å²) in [6.45, 7) is 0.502. The summed E-state index contributed by atoms with van der Waals surface area (Å²) in [5.74, 6) is 0.509. The molecule has 0 radical (unpaired) electrons. The molecule has 0 aliphatic rings. The van der Waals surface area contributed by atoms with Crippen LogP contribution in [0, 0.1) is 0 Å². The van der Waals surface area contributed by atoms with E-state index in [1.54, 1.807) is 31.4 Å². The third-order valence-corrected chi connectivity index (χ3v) is 3.78. The van der Waals surface area contributed by atoms with E-state index < -0.39 is 0 Å². The fourth-order valence-corrected chi connectivity index (χ4v) is 2.62. The molecule has 0 saturated carbocycles. The number of phenols is 2. The highest BCUT2D eigenvalue weighted by Crippen LogP contribution is 2.31. The van der Waals surface area contributed by atoms with Crippen LogP contribution in [0.1, 0.15) is 5.56 Å². The number of hydrogen-bond acceptors (Lipinski definition) is 3. The number of benzene rings is 3. The molecule has 3 heteroatoms. The minimum absolute atomic E-state index is 0.253. The molecule has 0 spiro atoms. The highest BCUT2D eigenvalue weighted by Gasteiger charge is 2.08. The van der Waals surface area contributed by atoms with Gasteiger partial charge < -0.3 is 14.9 Å². The summed E-state index contributed by atoms with van der Waals surface area (Å²) in [6.07, 6.45) is 0. The van der Waals surface area contributed by atoms with Crippen LogP contribution in [-0.4, -0.2) is 17.3 Å². The van der Waals surface area contributed by atoms with Crippen molar-refractivity contribution in [3.63, 3.8) is 0 Å². The molecule has 0 atom stereocenters. The van der Waals surface area contributed by atoms with Crippen LogP contribution in [0.3, 0.4) is 0 Å². The van der Waals surface area contributed by atoms with Gasteiger partial charge in [-0.1, -0.05) is 36.4 Å². The lowest BCUT2D eigenvalue weighted by Gasteiger charge is -2.12. The molecule has 23 heavy (non-hydrogen) atoms. The Labute approximate surface area is 135 Å². The first-order chi connectivity index (χ1) is 11.2. The smallest absolute Gasteiger partial charge is 0.115 e. The highest BCUT2D eigenvalue weighted by molar-refractivity contribution is 5.74. The van der Waals surface area contributed by atoms with Gasteiger partial charge in [0, 0.05) is 7.11 Å². The molecule has 3 aromatic rings. The minimum atomic E-state index is 0.253. The van der Waals surface area contributed by atoms with Crippen molar-refractivity contribution in [2.75, 3.05) is 7.11 Å². The molecule has 0 aliphatic heterocycles. The van der Waals surface area contributed by atoms with Crippen LogP contribution in [0.5, 0.6) is 11.5 Å². The second-order valence-corrected chi connectivity index (χ2v) is 5.40. The SMILES string of the molecule is COCc1cc(-c2ccc(O)cc2)ccc1-c1ccc(O)cc1. The van der Waals surface area contributed by atoms with Crippen molar-refractivity contribution >= 4 is 0 Å². The van der Waals surface area contributed by atoms with Crippen LogP contribution in [0.15, 0.2) is 66.7 Å². The molecule has 0 aliphatic carbocycles. The van der Waals surface area contributed by atoms with Gasteiger partial charge in [0.05, 0.1) is 6.61 Å². The van der Waals surface area contributed by atoms with Crippen molar-refractivity contribution in [2.45, 2.75) is 6.61 Å². The lowest BCUT2D eigenvalue weighted by atomic mass is 9.95. The number of ether oxygens (including phenoxy) is 1. The molecule has 0 fully saturated rings. The first-order valence-corrected chi connectivity index (χ1v) is 7.38.